The second-order valence-corrected chi connectivity index (χ2v) is 4.19. The van der Waals surface area contributed by atoms with Crippen molar-refractivity contribution >= 4 is 27.8 Å². The van der Waals surface area contributed by atoms with Gasteiger partial charge in [0.25, 0.3) is 0 Å². The number of thiazole rings is 1. The summed E-state index contributed by atoms with van der Waals surface area (Å²) in [4.78, 5) is 5.23. The summed E-state index contributed by atoms with van der Waals surface area (Å²) < 4.78 is 5.18. The van der Waals surface area contributed by atoms with Gasteiger partial charge in [0.2, 0.25) is 0 Å². The molecule has 2 aromatic rings. The summed E-state index contributed by atoms with van der Waals surface area (Å²) in [5.74, 6) is 0.857. The molecule has 2 aromatic heterocycles. The highest BCUT2D eigenvalue weighted by Gasteiger charge is 2.09. The number of nitrogen functional groups attached to an aromatic ring is 1. The lowest BCUT2D eigenvalue weighted by atomic mass is 10.3. The van der Waals surface area contributed by atoms with E-state index in [1.165, 1.54) is 11.3 Å². The van der Waals surface area contributed by atoms with Crippen molar-refractivity contribution in [2.45, 2.75) is 0 Å². The van der Waals surface area contributed by atoms with Crippen LogP contribution in [0.1, 0.15) is 0 Å². The third-order valence-electron chi connectivity index (χ3n) is 1.60. The number of hydrogen-bond donors (Lipinski definition) is 1. The molecule has 0 saturated heterocycles. The monoisotopic (exact) mass is 212 g/mol. The van der Waals surface area contributed by atoms with Gasteiger partial charge in [-0.2, -0.15) is 0 Å². The lowest BCUT2D eigenvalue weighted by Crippen LogP contribution is -1.84. The zero-order valence-electron chi connectivity index (χ0n) is 6.98. The van der Waals surface area contributed by atoms with E-state index in [0.29, 0.717) is 5.13 Å². The molecular formula is C8H8N2OS2. The second kappa shape index (κ2) is 3.35. The molecule has 0 aliphatic carbocycles. The topological polar surface area (TPSA) is 48.1 Å². The first-order valence-corrected chi connectivity index (χ1v) is 5.40. The summed E-state index contributed by atoms with van der Waals surface area (Å²) in [5, 5.41) is 4.50. The predicted molar refractivity (Wildman–Crippen MR) is 56.4 cm³/mol. The number of rotatable bonds is 2. The number of nitrogens with zero attached hydrogens (tertiary/aromatic N) is 1. The van der Waals surface area contributed by atoms with E-state index in [9.17, 15) is 0 Å². The molecule has 0 unspecified atom stereocenters. The fraction of sp³-hybridized carbons (Fsp3) is 0.125. The first-order chi connectivity index (χ1) is 6.31. The van der Waals surface area contributed by atoms with Gasteiger partial charge in [0.05, 0.1) is 17.7 Å². The van der Waals surface area contributed by atoms with E-state index in [0.717, 1.165) is 16.3 Å². The highest BCUT2D eigenvalue weighted by Crippen LogP contribution is 2.35. The Morgan fingerprint density at radius 2 is 2.31 bits per heavy atom. The molecule has 3 nitrogen and oxygen atoms in total. The molecule has 13 heavy (non-hydrogen) atoms. The van der Waals surface area contributed by atoms with Crippen LogP contribution in [0.15, 0.2) is 16.8 Å². The molecule has 2 rings (SSSR count). The summed E-state index contributed by atoms with van der Waals surface area (Å²) in [6.07, 6.45) is 0. The zero-order valence-corrected chi connectivity index (χ0v) is 8.61. The van der Waals surface area contributed by atoms with Crippen LogP contribution in [0.25, 0.3) is 10.6 Å². The van der Waals surface area contributed by atoms with Crippen LogP contribution in [-0.2, 0) is 0 Å². The molecule has 0 spiro atoms. The molecule has 0 bridgehead atoms. The molecule has 5 heteroatoms. The zero-order chi connectivity index (χ0) is 9.26. The van der Waals surface area contributed by atoms with Gasteiger partial charge in [0.1, 0.15) is 5.75 Å². The van der Waals surface area contributed by atoms with Gasteiger partial charge in [-0.1, -0.05) is 0 Å². The fourth-order valence-electron chi connectivity index (χ4n) is 1.04. The molecule has 0 atom stereocenters. The van der Waals surface area contributed by atoms with Crippen molar-refractivity contribution in [3.63, 3.8) is 0 Å². The average molecular weight is 212 g/mol. The van der Waals surface area contributed by atoms with Crippen LogP contribution in [0.2, 0.25) is 0 Å². The Kier molecular flexibility index (Phi) is 2.20. The molecule has 0 aliphatic rings. The van der Waals surface area contributed by atoms with Crippen LogP contribution in [-0.4, -0.2) is 12.1 Å². The van der Waals surface area contributed by atoms with Gasteiger partial charge in [-0.15, -0.1) is 22.7 Å². The van der Waals surface area contributed by atoms with Crippen LogP contribution < -0.4 is 10.5 Å². The van der Waals surface area contributed by atoms with Gasteiger partial charge in [0, 0.05) is 5.38 Å². The normalized spacial score (nSPS) is 10.2. The van der Waals surface area contributed by atoms with Crippen molar-refractivity contribution in [1.82, 2.24) is 4.98 Å². The standard InChI is InChI=1S/C8H8N2OS2/c1-11-6-2-3-12-7(6)5-4-13-8(9)10-5/h2-4H,1H3,(H2,9,10). The summed E-state index contributed by atoms with van der Waals surface area (Å²) in [6, 6.07) is 1.93. The summed E-state index contributed by atoms with van der Waals surface area (Å²) in [5.41, 5.74) is 6.44. The van der Waals surface area contributed by atoms with Crippen LogP contribution in [0, 0.1) is 0 Å². The minimum Gasteiger partial charge on any atom is -0.495 e. The highest BCUT2D eigenvalue weighted by atomic mass is 32.1. The van der Waals surface area contributed by atoms with E-state index in [4.69, 9.17) is 10.5 Å². The second-order valence-electron chi connectivity index (χ2n) is 2.39. The summed E-state index contributed by atoms with van der Waals surface area (Å²) in [6.45, 7) is 0. The Labute approximate surface area is 83.8 Å². The maximum atomic E-state index is 5.55. The first-order valence-electron chi connectivity index (χ1n) is 3.64. The lowest BCUT2D eigenvalue weighted by molar-refractivity contribution is 0.418. The molecule has 0 radical (unpaired) electrons. The maximum absolute atomic E-state index is 5.55. The van der Waals surface area contributed by atoms with E-state index in [1.54, 1.807) is 18.4 Å². The third kappa shape index (κ3) is 1.52. The number of aromatic nitrogens is 1. The van der Waals surface area contributed by atoms with Crippen LogP contribution in [0.5, 0.6) is 5.75 Å². The Balaban J connectivity index is 2.45. The van der Waals surface area contributed by atoms with Crippen molar-refractivity contribution in [1.29, 1.82) is 0 Å². The number of thiophene rings is 1. The van der Waals surface area contributed by atoms with Gasteiger partial charge in [0.15, 0.2) is 5.13 Å². The average Bonchev–Trinajstić information content (AvgIpc) is 2.71. The molecule has 0 saturated carbocycles. The highest BCUT2D eigenvalue weighted by molar-refractivity contribution is 7.16. The van der Waals surface area contributed by atoms with Crippen molar-refractivity contribution in [3.8, 4) is 16.3 Å². The molecule has 68 valence electrons. The Hall–Kier alpha value is -1.07. The molecule has 0 fully saturated rings. The summed E-state index contributed by atoms with van der Waals surface area (Å²) >= 11 is 3.04. The molecule has 0 aliphatic heterocycles. The van der Waals surface area contributed by atoms with E-state index >= 15 is 0 Å². The number of ether oxygens (including phenoxy) is 1. The van der Waals surface area contributed by atoms with E-state index in [1.807, 2.05) is 16.8 Å². The van der Waals surface area contributed by atoms with Crippen LogP contribution in [0.3, 0.4) is 0 Å². The van der Waals surface area contributed by atoms with Crippen molar-refractivity contribution in [3.05, 3.63) is 16.8 Å². The van der Waals surface area contributed by atoms with Gasteiger partial charge < -0.3 is 10.5 Å². The molecule has 2 heterocycles. The molecular weight excluding hydrogens is 204 g/mol. The minimum atomic E-state index is 0.588. The van der Waals surface area contributed by atoms with Gasteiger partial charge >= 0.3 is 0 Å². The van der Waals surface area contributed by atoms with Gasteiger partial charge in [-0.25, -0.2) is 4.98 Å². The number of nitrogens with two attached hydrogens (primary N) is 1. The third-order valence-corrected chi connectivity index (χ3v) is 3.20. The van der Waals surface area contributed by atoms with Crippen molar-refractivity contribution < 1.29 is 4.74 Å². The smallest absolute Gasteiger partial charge is 0.180 e. The van der Waals surface area contributed by atoms with Gasteiger partial charge in [-0.05, 0) is 11.4 Å². The van der Waals surface area contributed by atoms with Gasteiger partial charge in [-0.3, -0.25) is 0 Å². The van der Waals surface area contributed by atoms with Crippen LogP contribution in [0.4, 0.5) is 5.13 Å². The van der Waals surface area contributed by atoms with Crippen molar-refractivity contribution in [2.24, 2.45) is 0 Å². The summed E-state index contributed by atoms with van der Waals surface area (Å²) in [7, 11) is 1.65. The number of anilines is 1. The minimum absolute atomic E-state index is 0.588. The van der Waals surface area contributed by atoms with Crippen molar-refractivity contribution in [2.75, 3.05) is 12.8 Å². The van der Waals surface area contributed by atoms with E-state index in [2.05, 4.69) is 4.98 Å². The lowest BCUT2D eigenvalue weighted by Gasteiger charge is -1.97. The fourth-order valence-corrected chi connectivity index (χ4v) is 2.49. The SMILES string of the molecule is COc1ccsc1-c1csc(N)n1. The number of methoxy groups -OCH3 is 1. The van der Waals surface area contributed by atoms with Crippen LogP contribution >= 0.6 is 22.7 Å². The predicted octanol–water partition coefficient (Wildman–Crippen LogP) is 2.46. The molecule has 0 aromatic carbocycles. The molecule has 0 amide bonds. The van der Waals surface area contributed by atoms with E-state index in [-0.39, 0.29) is 0 Å². The first kappa shape index (κ1) is 8.52. The largest absolute Gasteiger partial charge is 0.495 e. The Morgan fingerprint density at radius 3 is 2.92 bits per heavy atom. The van der Waals surface area contributed by atoms with E-state index < -0.39 is 0 Å². The molecule has 2 N–H and O–H groups in total. The number of hydrogen-bond acceptors (Lipinski definition) is 5. The maximum Gasteiger partial charge on any atom is 0.180 e. The quantitative estimate of drug-likeness (QED) is 0.831. The Morgan fingerprint density at radius 1 is 1.46 bits per heavy atom. The Bertz CT molecular complexity index is 408.